The Kier molecular flexibility index (Phi) is 5.91. The standard InChI is InChI=1S/C16H22O6/c1-10-6-12(7-11(2)13(17)20-3)9-16(8-10,14(18)21-4)15(19)22-5/h12H,1-2,6-9H2,3-5H3. The van der Waals surface area contributed by atoms with Crippen LogP contribution in [0.25, 0.3) is 0 Å². The molecule has 0 aromatic heterocycles. The minimum Gasteiger partial charge on any atom is -0.468 e. The molecule has 1 atom stereocenters. The summed E-state index contributed by atoms with van der Waals surface area (Å²) in [5, 5.41) is 0. The van der Waals surface area contributed by atoms with Crippen molar-refractivity contribution < 1.29 is 28.6 Å². The van der Waals surface area contributed by atoms with Gasteiger partial charge in [0.25, 0.3) is 0 Å². The lowest BCUT2D eigenvalue weighted by Gasteiger charge is -2.37. The van der Waals surface area contributed by atoms with Crippen LogP contribution in [0.4, 0.5) is 0 Å². The Morgan fingerprint density at radius 2 is 1.68 bits per heavy atom. The van der Waals surface area contributed by atoms with Crippen LogP contribution in [0.2, 0.25) is 0 Å². The molecule has 0 radical (unpaired) electrons. The Hall–Kier alpha value is -2.11. The largest absolute Gasteiger partial charge is 0.468 e. The molecule has 1 aliphatic carbocycles. The molecule has 1 saturated carbocycles. The highest BCUT2D eigenvalue weighted by atomic mass is 16.5. The third kappa shape index (κ3) is 3.55. The summed E-state index contributed by atoms with van der Waals surface area (Å²) in [5.41, 5.74) is -0.365. The van der Waals surface area contributed by atoms with Crippen LogP contribution in [0.15, 0.2) is 24.3 Å². The first kappa shape index (κ1) is 17.9. The molecule has 0 heterocycles. The summed E-state index contributed by atoms with van der Waals surface area (Å²) in [6.45, 7) is 7.59. The molecule has 6 nitrogen and oxygen atoms in total. The summed E-state index contributed by atoms with van der Waals surface area (Å²) in [5.74, 6) is -1.92. The van der Waals surface area contributed by atoms with Crippen molar-refractivity contribution in [1.82, 2.24) is 0 Å². The maximum Gasteiger partial charge on any atom is 0.333 e. The number of ether oxygens (including phenoxy) is 3. The monoisotopic (exact) mass is 310 g/mol. The predicted molar refractivity (Wildman–Crippen MR) is 78.7 cm³/mol. The van der Waals surface area contributed by atoms with Crippen molar-refractivity contribution in [2.45, 2.75) is 25.7 Å². The van der Waals surface area contributed by atoms with Crippen LogP contribution in [-0.2, 0) is 28.6 Å². The molecular formula is C16H22O6. The van der Waals surface area contributed by atoms with Gasteiger partial charge in [0.2, 0.25) is 0 Å². The van der Waals surface area contributed by atoms with Gasteiger partial charge in [-0.3, -0.25) is 9.59 Å². The average Bonchev–Trinajstić information content (AvgIpc) is 2.51. The van der Waals surface area contributed by atoms with Gasteiger partial charge in [-0.15, -0.1) is 0 Å². The molecule has 6 heteroatoms. The second-order valence-corrected chi connectivity index (χ2v) is 5.57. The van der Waals surface area contributed by atoms with Crippen molar-refractivity contribution in [3.8, 4) is 0 Å². The maximum atomic E-state index is 12.2. The van der Waals surface area contributed by atoms with Gasteiger partial charge in [-0.1, -0.05) is 18.7 Å². The Labute approximate surface area is 130 Å². The van der Waals surface area contributed by atoms with Gasteiger partial charge in [-0.05, 0) is 31.6 Å². The lowest BCUT2D eigenvalue weighted by molar-refractivity contribution is -0.171. The minimum atomic E-state index is -1.40. The average molecular weight is 310 g/mol. The van der Waals surface area contributed by atoms with Crippen molar-refractivity contribution in [2.24, 2.45) is 11.3 Å². The van der Waals surface area contributed by atoms with E-state index in [9.17, 15) is 14.4 Å². The van der Waals surface area contributed by atoms with E-state index in [1.807, 2.05) is 0 Å². The molecule has 1 fully saturated rings. The quantitative estimate of drug-likeness (QED) is 0.253. The van der Waals surface area contributed by atoms with Gasteiger partial charge in [0.1, 0.15) is 0 Å². The zero-order valence-electron chi connectivity index (χ0n) is 13.3. The molecule has 0 spiro atoms. The molecular weight excluding hydrogens is 288 g/mol. The Balaban J connectivity index is 3.03. The second-order valence-electron chi connectivity index (χ2n) is 5.57. The smallest absolute Gasteiger partial charge is 0.333 e. The lowest BCUT2D eigenvalue weighted by Crippen LogP contribution is -2.45. The maximum absolute atomic E-state index is 12.2. The molecule has 22 heavy (non-hydrogen) atoms. The first-order valence-corrected chi connectivity index (χ1v) is 6.90. The SMILES string of the molecule is C=C1CC(CC(=C)C(=O)OC)CC(C(=O)OC)(C(=O)OC)C1. The minimum absolute atomic E-state index is 0.133. The lowest BCUT2D eigenvalue weighted by atomic mass is 9.66. The van der Waals surface area contributed by atoms with E-state index in [1.54, 1.807) is 0 Å². The van der Waals surface area contributed by atoms with Gasteiger partial charge in [-0.2, -0.15) is 0 Å². The molecule has 0 aliphatic heterocycles. The van der Waals surface area contributed by atoms with Crippen LogP contribution >= 0.6 is 0 Å². The summed E-state index contributed by atoms with van der Waals surface area (Å²) in [6, 6.07) is 0. The molecule has 0 aromatic rings. The summed E-state index contributed by atoms with van der Waals surface area (Å²) < 4.78 is 14.2. The van der Waals surface area contributed by atoms with E-state index in [-0.39, 0.29) is 18.8 Å². The van der Waals surface area contributed by atoms with Crippen molar-refractivity contribution in [3.63, 3.8) is 0 Å². The summed E-state index contributed by atoms with van der Waals surface area (Å²) in [4.78, 5) is 35.8. The number of rotatable bonds is 5. The van der Waals surface area contributed by atoms with E-state index in [4.69, 9.17) is 9.47 Å². The van der Waals surface area contributed by atoms with E-state index in [0.29, 0.717) is 18.4 Å². The second kappa shape index (κ2) is 7.24. The molecule has 1 rings (SSSR count). The van der Waals surface area contributed by atoms with Crippen LogP contribution in [0.5, 0.6) is 0 Å². The summed E-state index contributed by atoms with van der Waals surface area (Å²) >= 11 is 0. The third-order valence-electron chi connectivity index (χ3n) is 3.93. The normalized spacial score (nSPS) is 20.0. The Morgan fingerprint density at radius 3 is 2.14 bits per heavy atom. The van der Waals surface area contributed by atoms with E-state index in [2.05, 4.69) is 17.9 Å². The highest BCUT2D eigenvalue weighted by Crippen LogP contribution is 2.45. The third-order valence-corrected chi connectivity index (χ3v) is 3.93. The van der Waals surface area contributed by atoms with E-state index >= 15 is 0 Å². The number of carbonyl (C=O) groups is 3. The van der Waals surface area contributed by atoms with Crippen LogP contribution in [0.1, 0.15) is 25.7 Å². The zero-order chi connectivity index (χ0) is 16.9. The van der Waals surface area contributed by atoms with Crippen molar-refractivity contribution in [3.05, 3.63) is 24.3 Å². The first-order valence-electron chi connectivity index (χ1n) is 6.90. The van der Waals surface area contributed by atoms with E-state index < -0.39 is 23.3 Å². The molecule has 1 aliphatic rings. The van der Waals surface area contributed by atoms with Crippen LogP contribution in [0.3, 0.4) is 0 Å². The molecule has 1 unspecified atom stereocenters. The highest BCUT2D eigenvalue weighted by molar-refractivity contribution is 6.00. The number of hydrogen-bond donors (Lipinski definition) is 0. The van der Waals surface area contributed by atoms with Gasteiger partial charge in [0, 0.05) is 5.57 Å². The van der Waals surface area contributed by atoms with Gasteiger partial charge in [0.05, 0.1) is 21.3 Å². The number of esters is 3. The number of methoxy groups -OCH3 is 3. The molecule has 0 bridgehead atoms. The van der Waals surface area contributed by atoms with Crippen molar-refractivity contribution >= 4 is 17.9 Å². The summed E-state index contributed by atoms with van der Waals surface area (Å²) in [7, 11) is 3.74. The fourth-order valence-corrected chi connectivity index (χ4v) is 3.05. The van der Waals surface area contributed by atoms with Gasteiger partial charge >= 0.3 is 17.9 Å². The molecule has 0 saturated heterocycles. The molecule has 122 valence electrons. The van der Waals surface area contributed by atoms with Gasteiger partial charge < -0.3 is 14.2 Å². The first-order chi connectivity index (χ1) is 10.3. The van der Waals surface area contributed by atoms with Gasteiger partial charge in [0.15, 0.2) is 5.41 Å². The van der Waals surface area contributed by atoms with Gasteiger partial charge in [-0.25, -0.2) is 4.79 Å². The van der Waals surface area contributed by atoms with Crippen molar-refractivity contribution in [1.29, 1.82) is 0 Å². The van der Waals surface area contributed by atoms with Crippen LogP contribution in [-0.4, -0.2) is 39.2 Å². The van der Waals surface area contributed by atoms with E-state index in [1.165, 1.54) is 21.3 Å². The van der Waals surface area contributed by atoms with Crippen molar-refractivity contribution in [2.75, 3.05) is 21.3 Å². The fraction of sp³-hybridized carbons (Fsp3) is 0.562. The zero-order valence-corrected chi connectivity index (χ0v) is 13.3. The number of carbonyl (C=O) groups excluding carboxylic acids is 3. The fourth-order valence-electron chi connectivity index (χ4n) is 3.05. The molecule has 0 N–H and O–H groups in total. The van der Waals surface area contributed by atoms with Crippen LogP contribution < -0.4 is 0 Å². The molecule has 0 amide bonds. The Bertz CT molecular complexity index is 489. The number of hydrogen-bond acceptors (Lipinski definition) is 6. The predicted octanol–water partition coefficient (Wildman–Crippen LogP) is 1.79. The molecule has 0 aromatic carbocycles. The number of allylic oxidation sites excluding steroid dienone is 1. The Morgan fingerprint density at radius 1 is 1.14 bits per heavy atom. The summed E-state index contributed by atoms with van der Waals surface area (Å²) in [6.07, 6.45) is 1.34. The highest BCUT2D eigenvalue weighted by Gasteiger charge is 2.52. The van der Waals surface area contributed by atoms with Crippen LogP contribution in [0, 0.1) is 11.3 Å². The van der Waals surface area contributed by atoms with E-state index in [0.717, 1.165) is 5.57 Å². The topological polar surface area (TPSA) is 78.9 Å².